The highest BCUT2D eigenvalue weighted by Gasteiger charge is 1.96. The van der Waals surface area contributed by atoms with Crippen molar-refractivity contribution in [2.45, 2.75) is 46.0 Å². The molecule has 0 aromatic carbocycles. The second-order valence-electron chi connectivity index (χ2n) is 3.56. The Morgan fingerprint density at radius 1 is 1.00 bits per heavy atom. The van der Waals surface area contributed by atoms with Crippen LogP contribution in [0.2, 0.25) is 0 Å². The number of rotatable bonds is 9. The largest absolute Gasteiger partial charge is 0.356 e. The Morgan fingerprint density at radius 2 is 1.71 bits per heavy atom. The lowest BCUT2D eigenvalue weighted by molar-refractivity contribution is -0.121. The van der Waals surface area contributed by atoms with Crippen LogP contribution in [-0.2, 0) is 4.79 Å². The first-order chi connectivity index (χ1) is 6.81. The quantitative estimate of drug-likeness (QED) is 0.556. The van der Waals surface area contributed by atoms with E-state index < -0.39 is 0 Å². The molecule has 0 saturated heterocycles. The molecule has 1 amide bonds. The predicted octanol–water partition coefficient (Wildman–Crippen LogP) is 1.68. The van der Waals surface area contributed by atoms with Crippen molar-refractivity contribution < 1.29 is 4.79 Å². The van der Waals surface area contributed by atoms with E-state index in [1.165, 1.54) is 12.8 Å². The van der Waals surface area contributed by atoms with Crippen LogP contribution >= 0.6 is 0 Å². The Labute approximate surface area is 87.6 Å². The molecule has 0 aliphatic heterocycles. The SMILES string of the molecule is CCCCNCCCNC(=O)CCC. The van der Waals surface area contributed by atoms with Gasteiger partial charge < -0.3 is 10.6 Å². The van der Waals surface area contributed by atoms with Crippen molar-refractivity contribution in [2.24, 2.45) is 0 Å². The number of carbonyl (C=O) groups is 1. The van der Waals surface area contributed by atoms with E-state index >= 15 is 0 Å². The Bertz CT molecular complexity index is 137. The molecule has 0 spiro atoms. The minimum absolute atomic E-state index is 0.182. The van der Waals surface area contributed by atoms with E-state index in [9.17, 15) is 4.79 Å². The lowest BCUT2D eigenvalue weighted by Gasteiger charge is -2.05. The van der Waals surface area contributed by atoms with Crippen molar-refractivity contribution in [1.29, 1.82) is 0 Å². The predicted molar refractivity (Wildman–Crippen MR) is 60.3 cm³/mol. The third-order valence-corrected chi connectivity index (χ3v) is 2.04. The molecule has 0 aliphatic rings. The van der Waals surface area contributed by atoms with Gasteiger partial charge in [-0.15, -0.1) is 0 Å². The van der Waals surface area contributed by atoms with Crippen LogP contribution in [0.3, 0.4) is 0 Å². The van der Waals surface area contributed by atoms with E-state index in [2.05, 4.69) is 17.6 Å². The first-order valence-electron chi connectivity index (χ1n) is 5.78. The van der Waals surface area contributed by atoms with Gasteiger partial charge in [-0.25, -0.2) is 0 Å². The number of amides is 1. The standard InChI is InChI=1S/C11H24N2O/c1-3-5-8-12-9-6-10-13-11(14)7-4-2/h12H,3-10H2,1-2H3,(H,13,14). The van der Waals surface area contributed by atoms with Gasteiger partial charge in [0.2, 0.25) is 5.91 Å². The van der Waals surface area contributed by atoms with Crippen LogP contribution in [0, 0.1) is 0 Å². The van der Waals surface area contributed by atoms with Crippen LogP contribution < -0.4 is 10.6 Å². The normalized spacial score (nSPS) is 10.1. The van der Waals surface area contributed by atoms with Gasteiger partial charge in [0.05, 0.1) is 0 Å². The fourth-order valence-electron chi connectivity index (χ4n) is 1.18. The number of hydrogen-bond acceptors (Lipinski definition) is 2. The number of hydrogen-bond donors (Lipinski definition) is 2. The Kier molecular flexibility index (Phi) is 10.1. The Balaban J connectivity index is 3.01. The third-order valence-electron chi connectivity index (χ3n) is 2.04. The van der Waals surface area contributed by atoms with Gasteiger partial charge in [0, 0.05) is 13.0 Å². The molecule has 0 rings (SSSR count). The second-order valence-corrected chi connectivity index (χ2v) is 3.56. The van der Waals surface area contributed by atoms with Crippen molar-refractivity contribution in [3.8, 4) is 0 Å². The lowest BCUT2D eigenvalue weighted by atomic mass is 10.3. The molecule has 0 fully saturated rings. The lowest BCUT2D eigenvalue weighted by Crippen LogP contribution is -2.27. The summed E-state index contributed by atoms with van der Waals surface area (Å²) < 4.78 is 0. The highest BCUT2D eigenvalue weighted by atomic mass is 16.1. The third kappa shape index (κ3) is 9.52. The monoisotopic (exact) mass is 200 g/mol. The molecule has 14 heavy (non-hydrogen) atoms. The van der Waals surface area contributed by atoms with Crippen LogP contribution in [0.1, 0.15) is 46.0 Å². The summed E-state index contributed by atoms with van der Waals surface area (Å²) in [5.74, 6) is 0.182. The Hall–Kier alpha value is -0.570. The van der Waals surface area contributed by atoms with E-state index in [0.717, 1.165) is 32.5 Å². The number of unbranched alkanes of at least 4 members (excludes halogenated alkanes) is 1. The van der Waals surface area contributed by atoms with E-state index in [1.54, 1.807) is 0 Å². The minimum atomic E-state index is 0.182. The van der Waals surface area contributed by atoms with Gasteiger partial charge in [-0.05, 0) is 32.4 Å². The van der Waals surface area contributed by atoms with Crippen LogP contribution in [0.25, 0.3) is 0 Å². The number of nitrogens with one attached hydrogen (secondary N) is 2. The summed E-state index contributed by atoms with van der Waals surface area (Å²) in [4.78, 5) is 11.0. The van der Waals surface area contributed by atoms with Crippen LogP contribution in [-0.4, -0.2) is 25.5 Å². The zero-order valence-corrected chi connectivity index (χ0v) is 9.57. The molecule has 0 saturated carbocycles. The first-order valence-corrected chi connectivity index (χ1v) is 5.78. The molecule has 84 valence electrons. The summed E-state index contributed by atoms with van der Waals surface area (Å²) in [5.41, 5.74) is 0. The van der Waals surface area contributed by atoms with E-state index in [4.69, 9.17) is 0 Å². The molecular weight excluding hydrogens is 176 g/mol. The molecule has 3 heteroatoms. The summed E-state index contributed by atoms with van der Waals surface area (Å²) in [6.07, 6.45) is 5.09. The van der Waals surface area contributed by atoms with Crippen LogP contribution in [0.5, 0.6) is 0 Å². The van der Waals surface area contributed by atoms with Gasteiger partial charge >= 0.3 is 0 Å². The van der Waals surface area contributed by atoms with Gasteiger partial charge in [0.25, 0.3) is 0 Å². The molecule has 0 aliphatic carbocycles. The second kappa shape index (κ2) is 10.5. The molecule has 0 bridgehead atoms. The fourth-order valence-corrected chi connectivity index (χ4v) is 1.18. The Morgan fingerprint density at radius 3 is 2.36 bits per heavy atom. The molecule has 0 heterocycles. The number of carbonyl (C=O) groups excluding carboxylic acids is 1. The van der Waals surface area contributed by atoms with Crippen LogP contribution in [0.4, 0.5) is 0 Å². The van der Waals surface area contributed by atoms with Gasteiger partial charge in [-0.2, -0.15) is 0 Å². The van der Waals surface area contributed by atoms with Crippen molar-refractivity contribution in [3.63, 3.8) is 0 Å². The summed E-state index contributed by atoms with van der Waals surface area (Å²) in [7, 11) is 0. The molecule has 3 nitrogen and oxygen atoms in total. The average Bonchev–Trinajstić information content (AvgIpc) is 2.17. The first kappa shape index (κ1) is 13.4. The molecule has 0 unspecified atom stereocenters. The summed E-state index contributed by atoms with van der Waals surface area (Å²) >= 11 is 0. The highest BCUT2D eigenvalue weighted by molar-refractivity contribution is 5.75. The van der Waals surface area contributed by atoms with Gasteiger partial charge in [0.1, 0.15) is 0 Å². The molecular formula is C11H24N2O. The minimum Gasteiger partial charge on any atom is -0.356 e. The van der Waals surface area contributed by atoms with E-state index in [-0.39, 0.29) is 5.91 Å². The molecule has 0 aromatic heterocycles. The zero-order chi connectivity index (χ0) is 10.6. The maximum Gasteiger partial charge on any atom is 0.219 e. The fraction of sp³-hybridized carbons (Fsp3) is 0.909. The van der Waals surface area contributed by atoms with Crippen molar-refractivity contribution in [3.05, 3.63) is 0 Å². The maximum absolute atomic E-state index is 11.0. The van der Waals surface area contributed by atoms with Crippen molar-refractivity contribution in [1.82, 2.24) is 10.6 Å². The summed E-state index contributed by atoms with van der Waals surface area (Å²) in [6.45, 7) is 7.11. The summed E-state index contributed by atoms with van der Waals surface area (Å²) in [6, 6.07) is 0. The van der Waals surface area contributed by atoms with Gasteiger partial charge in [-0.3, -0.25) is 4.79 Å². The summed E-state index contributed by atoms with van der Waals surface area (Å²) in [5, 5.41) is 6.24. The van der Waals surface area contributed by atoms with Crippen molar-refractivity contribution >= 4 is 5.91 Å². The maximum atomic E-state index is 11.0. The zero-order valence-electron chi connectivity index (χ0n) is 9.57. The highest BCUT2D eigenvalue weighted by Crippen LogP contribution is 1.86. The van der Waals surface area contributed by atoms with Gasteiger partial charge in [-0.1, -0.05) is 20.3 Å². The van der Waals surface area contributed by atoms with Crippen LogP contribution in [0.15, 0.2) is 0 Å². The average molecular weight is 200 g/mol. The molecule has 0 aromatic rings. The van der Waals surface area contributed by atoms with E-state index in [1.807, 2.05) is 6.92 Å². The molecule has 2 N–H and O–H groups in total. The topological polar surface area (TPSA) is 41.1 Å². The molecule has 0 radical (unpaired) electrons. The van der Waals surface area contributed by atoms with E-state index in [0.29, 0.717) is 6.42 Å². The molecule has 0 atom stereocenters. The van der Waals surface area contributed by atoms with Crippen molar-refractivity contribution in [2.75, 3.05) is 19.6 Å². The van der Waals surface area contributed by atoms with Gasteiger partial charge in [0.15, 0.2) is 0 Å². The smallest absolute Gasteiger partial charge is 0.219 e.